The van der Waals surface area contributed by atoms with Crippen LogP contribution >= 0.6 is 0 Å². The van der Waals surface area contributed by atoms with Crippen LogP contribution in [0.1, 0.15) is 19.4 Å². The lowest BCUT2D eigenvalue weighted by molar-refractivity contribution is -0.124. The molecule has 11 heteroatoms. The van der Waals surface area contributed by atoms with Crippen LogP contribution in [0.2, 0.25) is 0 Å². The molecule has 0 aromatic heterocycles. The second-order valence-electron chi connectivity index (χ2n) is 5.77. The van der Waals surface area contributed by atoms with Crippen LogP contribution < -0.4 is 36.4 Å². The maximum Gasteiger partial charge on any atom is 0.335 e. The summed E-state index contributed by atoms with van der Waals surface area (Å²) in [5, 5.41) is 8.52. The molecular weight excluding hydrogens is 356 g/mol. The van der Waals surface area contributed by atoms with Crippen LogP contribution in [0.3, 0.4) is 0 Å². The standard InChI is InChI=1S/C16H22N6O5/c1-9(2)27-11-5-4-10(6-12(11)26-3)7-18-20-13(23)8-17-14-15(24)19-16(25)22-21-14/h4-7,9,14,17,21H,8H2,1-3H3,(H,20,23)(H2,19,22,24,25)/b18-7+. The van der Waals surface area contributed by atoms with Crippen LogP contribution in [-0.4, -0.2) is 50.0 Å². The van der Waals surface area contributed by atoms with Crippen LogP contribution in [0, 0.1) is 0 Å². The summed E-state index contributed by atoms with van der Waals surface area (Å²) < 4.78 is 10.9. The molecule has 2 rings (SSSR count). The number of rotatable bonds is 8. The van der Waals surface area contributed by atoms with E-state index in [4.69, 9.17) is 9.47 Å². The number of hydrazine groups is 1. The highest BCUT2D eigenvalue weighted by Crippen LogP contribution is 2.28. The van der Waals surface area contributed by atoms with Gasteiger partial charge in [0.1, 0.15) is 0 Å². The zero-order valence-electron chi connectivity index (χ0n) is 15.2. The van der Waals surface area contributed by atoms with Crippen LogP contribution in [-0.2, 0) is 9.59 Å². The van der Waals surface area contributed by atoms with E-state index < -0.39 is 24.0 Å². The number of carbonyl (C=O) groups is 3. The molecule has 0 aliphatic carbocycles. The Bertz CT molecular complexity index is 736. The van der Waals surface area contributed by atoms with Gasteiger partial charge < -0.3 is 9.47 Å². The fourth-order valence-electron chi connectivity index (χ4n) is 2.09. The summed E-state index contributed by atoms with van der Waals surface area (Å²) in [5.74, 6) is 0.107. The number of nitrogens with one attached hydrogen (secondary N) is 5. The minimum atomic E-state index is -0.921. The Balaban J connectivity index is 1.83. The molecule has 1 aliphatic rings. The van der Waals surface area contributed by atoms with E-state index in [2.05, 4.69) is 26.7 Å². The van der Waals surface area contributed by atoms with Crippen molar-refractivity contribution >= 4 is 24.1 Å². The molecule has 1 heterocycles. The molecule has 11 nitrogen and oxygen atoms in total. The van der Waals surface area contributed by atoms with Crippen LogP contribution in [0.15, 0.2) is 23.3 Å². The van der Waals surface area contributed by atoms with Crippen molar-refractivity contribution in [1.29, 1.82) is 0 Å². The molecule has 1 saturated heterocycles. The predicted octanol–water partition coefficient (Wildman–Crippen LogP) is -0.808. The molecule has 1 aromatic carbocycles. The summed E-state index contributed by atoms with van der Waals surface area (Å²) in [4.78, 5) is 34.2. The highest BCUT2D eigenvalue weighted by atomic mass is 16.5. The largest absolute Gasteiger partial charge is 0.493 e. The Kier molecular flexibility index (Phi) is 7.08. The first-order valence-corrected chi connectivity index (χ1v) is 8.15. The van der Waals surface area contributed by atoms with Crippen molar-refractivity contribution in [2.24, 2.45) is 5.10 Å². The van der Waals surface area contributed by atoms with E-state index in [1.807, 2.05) is 19.2 Å². The van der Waals surface area contributed by atoms with Crippen molar-refractivity contribution in [3.63, 3.8) is 0 Å². The first kappa shape index (κ1) is 20.1. The van der Waals surface area contributed by atoms with E-state index in [9.17, 15) is 14.4 Å². The molecule has 0 saturated carbocycles. The average molecular weight is 378 g/mol. The molecule has 1 fully saturated rings. The highest BCUT2D eigenvalue weighted by molar-refractivity contribution is 5.98. The Morgan fingerprint density at radius 2 is 2.11 bits per heavy atom. The number of nitrogens with zero attached hydrogens (tertiary/aromatic N) is 1. The molecule has 0 radical (unpaired) electrons. The third-order valence-corrected chi connectivity index (χ3v) is 3.25. The van der Waals surface area contributed by atoms with Gasteiger partial charge in [-0.25, -0.2) is 15.6 Å². The smallest absolute Gasteiger partial charge is 0.335 e. The average Bonchev–Trinajstić information content (AvgIpc) is 2.61. The van der Waals surface area contributed by atoms with Crippen molar-refractivity contribution < 1.29 is 23.9 Å². The van der Waals surface area contributed by atoms with Crippen molar-refractivity contribution in [2.45, 2.75) is 26.1 Å². The minimum Gasteiger partial charge on any atom is -0.493 e. The maximum absolute atomic E-state index is 11.8. The first-order chi connectivity index (χ1) is 12.9. The summed E-state index contributed by atoms with van der Waals surface area (Å²) in [6.07, 6.45) is 0.542. The van der Waals surface area contributed by atoms with E-state index in [-0.39, 0.29) is 12.6 Å². The van der Waals surface area contributed by atoms with E-state index in [0.29, 0.717) is 17.1 Å². The van der Waals surface area contributed by atoms with Gasteiger partial charge in [0, 0.05) is 0 Å². The molecule has 0 spiro atoms. The van der Waals surface area contributed by atoms with Crippen molar-refractivity contribution in [3.05, 3.63) is 23.8 Å². The first-order valence-electron chi connectivity index (χ1n) is 8.15. The normalized spacial score (nSPS) is 16.8. The zero-order chi connectivity index (χ0) is 19.8. The monoisotopic (exact) mass is 378 g/mol. The fraction of sp³-hybridized carbons (Fsp3) is 0.375. The molecule has 0 bridgehead atoms. The number of imide groups is 1. The van der Waals surface area contributed by atoms with Gasteiger partial charge in [0.15, 0.2) is 17.7 Å². The number of hydrogen-bond acceptors (Lipinski definition) is 8. The molecule has 1 atom stereocenters. The number of hydrazone groups is 1. The number of hydrogen-bond donors (Lipinski definition) is 5. The zero-order valence-corrected chi connectivity index (χ0v) is 15.2. The molecule has 27 heavy (non-hydrogen) atoms. The number of ether oxygens (including phenoxy) is 2. The second-order valence-corrected chi connectivity index (χ2v) is 5.77. The van der Waals surface area contributed by atoms with Crippen molar-refractivity contribution in [2.75, 3.05) is 13.7 Å². The molecule has 1 aliphatic heterocycles. The van der Waals surface area contributed by atoms with Crippen LogP contribution in [0.25, 0.3) is 0 Å². The number of amides is 4. The van der Waals surface area contributed by atoms with Gasteiger partial charge in [-0.15, -0.1) is 0 Å². The van der Waals surface area contributed by atoms with Crippen molar-refractivity contribution in [3.8, 4) is 11.5 Å². The van der Waals surface area contributed by atoms with Gasteiger partial charge in [-0.2, -0.15) is 5.10 Å². The Morgan fingerprint density at radius 3 is 2.78 bits per heavy atom. The van der Waals surface area contributed by atoms with E-state index in [1.54, 1.807) is 18.2 Å². The topological polar surface area (TPSA) is 142 Å². The number of urea groups is 1. The third kappa shape index (κ3) is 6.24. The molecule has 1 unspecified atom stereocenters. The van der Waals surface area contributed by atoms with E-state index >= 15 is 0 Å². The summed E-state index contributed by atoms with van der Waals surface area (Å²) in [6, 6.07) is 4.59. The summed E-state index contributed by atoms with van der Waals surface area (Å²) in [5.41, 5.74) is 7.66. The van der Waals surface area contributed by atoms with Gasteiger partial charge in [-0.1, -0.05) is 0 Å². The predicted molar refractivity (Wildman–Crippen MR) is 96.1 cm³/mol. The molecule has 146 valence electrons. The van der Waals surface area contributed by atoms with Gasteiger partial charge in [-0.05, 0) is 37.6 Å². The van der Waals surface area contributed by atoms with Crippen molar-refractivity contribution in [1.82, 2.24) is 26.9 Å². The van der Waals surface area contributed by atoms with E-state index in [1.165, 1.54) is 13.3 Å². The highest BCUT2D eigenvalue weighted by Gasteiger charge is 2.25. The third-order valence-electron chi connectivity index (χ3n) is 3.25. The van der Waals surface area contributed by atoms with Gasteiger partial charge in [0.05, 0.1) is 26.0 Å². The molecule has 4 amide bonds. The maximum atomic E-state index is 11.8. The fourth-order valence-corrected chi connectivity index (χ4v) is 2.09. The lowest BCUT2D eigenvalue weighted by Crippen LogP contribution is -2.67. The second kappa shape index (κ2) is 9.50. The quantitative estimate of drug-likeness (QED) is 0.294. The van der Waals surface area contributed by atoms with Crippen LogP contribution in [0.4, 0.5) is 4.79 Å². The van der Waals surface area contributed by atoms with Gasteiger partial charge >= 0.3 is 6.03 Å². The Hall–Kier alpha value is -3.18. The summed E-state index contributed by atoms with van der Waals surface area (Å²) in [6.45, 7) is 3.64. The van der Waals surface area contributed by atoms with Gasteiger partial charge in [0.25, 0.3) is 11.8 Å². The summed E-state index contributed by atoms with van der Waals surface area (Å²) >= 11 is 0. The van der Waals surface area contributed by atoms with Crippen LogP contribution in [0.5, 0.6) is 11.5 Å². The Labute approximate surface area is 155 Å². The summed E-state index contributed by atoms with van der Waals surface area (Å²) in [7, 11) is 1.54. The molecule has 1 aromatic rings. The number of carbonyl (C=O) groups excluding carboxylic acids is 3. The lowest BCUT2D eigenvalue weighted by atomic mass is 10.2. The van der Waals surface area contributed by atoms with Gasteiger partial charge in [0.2, 0.25) is 0 Å². The number of methoxy groups -OCH3 is 1. The molecule has 5 N–H and O–H groups in total. The Morgan fingerprint density at radius 1 is 1.33 bits per heavy atom. The number of benzene rings is 1. The van der Waals surface area contributed by atoms with Gasteiger partial charge in [-0.3, -0.25) is 25.6 Å². The van der Waals surface area contributed by atoms with E-state index in [0.717, 1.165) is 0 Å². The molecular formula is C16H22N6O5. The SMILES string of the molecule is COc1cc(/C=N/NC(=O)CNC2NNC(=O)NC2=O)ccc1OC(C)C. The minimum absolute atomic E-state index is 0.0132. The lowest BCUT2D eigenvalue weighted by Gasteiger charge is -2.23.